The molecule has 0 aromatic rings. The third kappa shape index (κ3) is 4.52. The average molecular weight is 212 g/mol. The first kappa shape index (κ1) is 13.0. The molecule has 2 nitrogen and oxygen atoms in total. The smallest absolute Gasteiger partial charge is 0.0107 e. The molecule has 1 fully saturated rings. The summed E-state index contributed by atoms with van der Waals surface area (Å²) in [5.74, 6) is 0.885. The predicted molar refractivity (Wildman–Crippen MR) is 67.2 cm³/mol. The van der Waals surface area contributed by atoms with E-state index in [0.717, 1.165) is 18.5 Å². The molecule has 90 valence electrons. The third-order valence-corrected chi connectivity index (χ3v) is 3.84. The van der Waals surface area contributed by atoms with Crippen molar-refractivity contribution in [3.8, 4) is 0 Å². The minimum Gasteiger partial charge on any atom is -0.312 e. The lowest BCUT2D eigenvalue weighted by Gasteiger charge is -2.30. The Hall–Kier alpha value is -0.0800. The van der Waals surface area contributed by atoms with Crippen LogP contribution in [0.2, 0.25) is 0 Å². The maximum absolute atomic E-state index is 3.73. The van der Waals surface area contributed by atoms with Gasteiger partial charge in [0.15, 0.2) is 0 Å². The fourth-order valence-electron chi connectivity index (χ4n) is 2.57. The molecule has 1 saturated carbocycles. The van der Waals surface area contributed by atoms with Crippen molar-refractivity contribution in [3.05, 3.63) is 0 Å². The number of hydrogen-bond acceptors (Lipinski definition) is 2. The Balaban J connectivity index is 2.12. The van der Waals surface area contributed by atoms with Gasteiger partial charge in [0.25, 0.3) is 0 Å². The highest BCUT2D eigenvalue weighted by atomic mass is 15.1. The van der Waals surface area contributed by atoms with Crippen molar-refractivity contribution < 1.29 is 0 Å². The Morgan fingerprint density at radius 3 is 2.40 bits per heavy atom. The molecule has 1 aliphatic rings. The zero-order valence-corrected chi connectivity index (χ0v) is 10.8. The van der Waals surface area contributed by atoms with Crippen molar-refractivity contribution in [2.75, 3.05) is 26.2 Å². The average Bonchev–Trinajstić information content (AvgIpc) is 2.27. The molecule has 1 N–H and O–H groups in total. The van der Waals surface area contributed by atoms with Gasteiger partial charge in [-0.1, -0.05) is 33.6 Å². The SMILES string of the molecule is CCN(CC)CCNC1CCCCC1C. The van der Waals surface area contributed by atoms with Crippen LogP contribution < -0.4 is 5.32 Å². The molecule has 0 aromatic heterocycles. The molecular weight excluding hydrogens is 184 g/mol. The Morgan fingerprint density at radius 1 is 1.13 bits per heavy atom. The van der Waals surface area contributed by atoms with Crippen LogP contribution in [0.1, 0.15) is 46.5 Å². The standard InChI is InChI=1S/C13H28N2/c1-4-15(5-2)11-10-14-13-9-7-6-8-12(13)3/h12-14H,4-11H2,1-3H3. The Kier molecular flexibility index (Phi) is 6.26. The van der Waals surface area contributed by atoms with Gasteiger partial charge in [-0.2, -0.15) is 0 Å². The second kappa shape index (κ2) is 7.24. The van der Waals surface area contributed by atoms with E-state index in [2.05, 4.69) is 31.0 Å². The van der Waals surface area contributed by atoms with Gasteiger partial charge in [0.1, 0.15) is 0 Å². The van der Waals surface area contributed by atoms with Crippen LogP contribution in [0.3, 0.4) is 0 Å². The van der Waals surface area contributed by atoms with E-state index in [4.69, 9.17) is 0 Å². The molecule has 0 spiro atoms. The van der Waals surface area contributed by atoms with Crippen molar-refractivity contribution in [3.63, 3.8) is 0 Å². The molecule has 0 aromatic carbocycles. The maximum Gasteiger partial charge on any atom is 0.0107 e. The lowest BCUT2D eigenvalue weighted by Crippen LogP contribution is -2.41. The number of nitrogens with one attached hydrogen (secondary N) is 1. The van der Waals surface area contributed by atoms with E-state index >= 15 is 0 Å². The van der Waals surface area contributed by atoms with Crippen molar-refractivity contribution in [2.24, 2.45) is 5.92 Å². The fourth-order valence-corrected chi connectivity index (χ4v) is 2.57. The monoisotopic (exact) mass is 212 g/mol. The van der Waals surface area contributed by atoms with E-state index in [1.54, 1.807) is 0 Å². The molecule has 0 bridgehead atoms. The van der Waals surface area contributed by atoms with Gasteiger partial charge in [-0.3, -0.25) is 0 Å². The van der Waals surface area contributed by atoms with Crippen LogP contribution in [0.4, 0.5) is 0 Å². The van der Waals surface area contributed by atoms with Crippen LogP contribution in [0.25, 0.3) is 0 Å². The molecule has 1 rings (SSSR count). The largest absolute Gasteiger partial charge is 0.312 e. The molecule has 1 aliphatic carbocycles. The third-order valence-electron chi connectivity index (χ3n) is 3.84. The molecule has 2 atom stereocenters. The molecule has 0 saturated heterocycles. The van der Waals surface area contributed by atoms with Crippen LogP contribution in [-0.2, 0) is 0 Å². The summed E-state index contributed by atoms with van der Waals surface area (Å²) < 4.78 is 0. The van der Waals surface area contributed by atoms with Crippen molar-refractivity contribution in [1.82, 2.24) is 10.2 Å². The lowest BCUT2D eigenvalue weighted by atomic mass is 9.86. The number of rotatable bonds is 6. The van der Waals surface area contributed by atoms with Crippen LogP contribution in [0.5, 0.6) is 0 Å². The summed E-state index contributed by atoms with van der Waals surface area (Å²) in [5, 5.41) is 3.73. The summed E-state index contributed by atoms with van der Waals surface area (Å²) in [5.41, 5.74) is 0. The topological polar surface area (TPSA) is 15.3 Å². The summed E-state index contributed by atoms with van der Waals surface area (Å²) in [7, 11) is 0. The van der Waals surface area contributed by atoms with Crippen LogP contribution in [0.15, 0.2) is 0 Å². The Bertz CT molecular complexity index is 155. The van der Waals surface area contributed by atoms with Gasteiger partial charge < -0.3 is 10.2 Å². The highest BCUT2D eigenvalue weighted by Gasteiger charge is 2.20. The number of hydrogen-bond donors (Lipinski definition) is 1. The van der Waals surface area contributed by atoms with Gasteiger partial charge in [-0.15, -0.1) is 0 Å². The van der Waals surface area contributed by atoms with Gasteiger partial charge in [0.2, 0.25) is 0 Å². The van der Waals surface area contributed by atoms with Crippen molar-refractivity contribution >= 4 is 0 Å². The van der Waals surface area contributed by atoms with Crippen molar-refractivity contribution in [1.29, 1.82) is 0 Å². The van der Waals surface area contributed by atoms with E-state index in [0.29, 0.717) is 0 Å². The van der Waals surface area contributed by atoms with Gasteiger partial charge in [0.05, 0.1) is 0 Å². The molecule has 0 aliphatic heterocycles. The molecule has 0 amide bonds. The van der Waals surface area contributed by atoms with Gasteiger partial charge in [-0.05, 0) is 31.8 Å². The first-order valence-corrected chi connectivity index (χ1v) is 6.73. The second-order valence-corrected chi connectivity index (χ2v) is 4.85. The fraction of sp³-hybridized carbons (Fsp3) is 1.00. The Morgan fingerprint density at radius 2 is 1.80 bits per heavy atom. The Labute approximate surface area is 95.4 Å². The highest BCUT2D eigenvalue weighted by molar-refractivity contribution is 4.78. The first-order chi connectivity index (χ1) is 7.27. The van der Waals surface area contributed by atoms with Crippen LogP contribution in [0, 0.1) is 5.92 Å². The summed E-state index contributed by atoms with van der Waals surface area (Å²) in [6.45, 7) is 11.6. The molecule has 15 heavy (non-hydrogen) atoms. The van der Waals surface area contributed by atoms with Gasteiger partial charge in [-0.25, -0.2) is 0 Å². The summed E-state index contributed by atoms with van der Waals surface area (Å²) in [4.78, 5) is 2.49. The van der Waals surface area contributed by atoms with E-state index in [-0.39, 0.29) is 0 Å². The zero-order chi connectivity index (χ0) is 11.1. The van der Waals surface area contributed by atoms with E-state index in [1.807, 2.05) is 0 Å². The normalized spacial score (nSPS) is 27.2. The zero-order valence-electron chi connectivity index (χ0n) is 10.8. The van der Waals surface area contributed by atoms with Crippen molar-refractivity contribution in [2.45, 2.75) is 52.5 Å². The van der Waals surface area contributed by atoms with Crippen LogP contribution in [-0.4, -0.2) is 37.1 Å². The summed E-state index contributed by atoms with van der Waals surface area (Å²) in [6, 6.07) is 0.786. The van der Waals surface area contributed by atoms with E-state index in [1.165, 1.54) is 45.3 Å². The molecule has 0 radical (unpaired) electrons. The minimum absolute atomic E-state index is 0.786. The summed E-state index contributed by atoms with van der Waals surface area (Å²) in [6.07, 6.45) is 5.67. The lowest BCUT2D eigenvalue weighted by molar-refractivity contribution is 0.252. The number of nitrogens with zero attached hydrogens (tertiary/aromatic N) is 1. The quantitative estimate of drug-likeness (QED) is 0.728. The molecular formula is C13H28N2. The summed E-state index contributed by atoms with van der Waals surface area (Å²) >= 11 is 0. The molecule has 2 heteroatoms. The molecule has 2 unspecified atom stereocenters. The second-order valence-electron chi connectivity index (χ2n) is 4.85. The minimum atomic E-state index is 0.786. The van der Waals surface area contributed by atoms with E-state index in [9.17, 15) is 0 Å². The maximum atomic E-state index is 3.73. The van der Waals surface area contributed by atoms with Gasteiger partial charge in [0, 0.05) is 19.1 Å². The predicted octanol–water partition coefficient (Wildman–Crippen LogP) is 2.50. The van der Waals surface area contributed by atoms with Gasteiger partial charge >= 0.3 is 0 Å². The highest BCUT2D eigenvalue weighted by Crippen LogP contribution is 2.23. The number of likely N-dealkylation sites (N-methyl/N-ethyl adjacent to an activating group) is 1. The molecule has 0 heterocycles. The first-order valence-electron chi connectivity index (χ1n) is 6.73. The van der Waals surface area contributed by atoms with E-state index < -0.39 is 0 Å². The van der Waals surface area contributed by atoms with Crippen LogP contribution >= 0.6 is 0 Å².